The number of carboxylic acid groups (broad SMARTS) is 1. The van der Waals surface area contributed by atoms with Gasteiger partial charge < -0.3 is 16.2 Å². The molecule has 4 nitrogen and oxygen atoms in total. The Hall–Kier alpha value is -0.610. The van der Waals surface area contributed by atoms with Crippen molar-refractivity contribution in [3.05, 3.63) is 0 Å². The van der Waals surface area contributed by atoms with Crippen molar-refractivity contribution in [3.8, 4) is 0 Å². The highest BCUT2D eigenvalue weighted by Crippen LogP contribution is 2.17. The minimum absolute atomic E-state index is 0.243. The van der Waals surface area contributed by atoms with E-state index >= 15 is 0 Å². The molecule has 76 valence electrons. The molecular weight excluding hydrogens is 168 g/mol. The highest BCUT2D eigenvalue weighted by molar-refractivity contribution is 5.72. The molecule has 0 aromatic heterocycles. The highest BCUT2D eigenvalue weighted by atomic mass is 16.4. The number of nitrogens with one attached hydrogen (secondary N) is 1. The first-order chi connectivity index (χ1) is 6.09. The summed E-state index contributed by atoms with van der Waals surface area (Å²) in [6.45, 7) is 1.67. The Bertz CT molecular complexity index is 184. The number of hydrogen-bond donors (Lipinski definition) is 3. The van der Waals surface area contributed by atoms with E-state index < -0.39 is 12.0 Å². The molecule has 3 unspecified atom stereocenters. The second-order valence-corrected chi connectivity index (χ2v) is 3.85. The fourth-order valence-electron chi connectivity index (χ4n) is 1.80. The van der Waals surface area contributed by atoms with Crippen molar-refractivity contribution in [2.24, 2.45) is 5.73 Å². The lowest BCUT2D eigenvalue weighted by Gasteiger charge is -2.28. The van der Waals surface area contributed by atoms with Crippen LogP contribution in [0.4, 0.5) is 0 Å². The van der Waals surface area contributed by atoms with Crippen LogP contribution >= 0.6 is 0 Å². The molecule has 0 heterocycles. The van der Waals surface area contributed by atoms with Gasteiger partial charge in [-0.2, -0.15) is 0 Å². The SMILES string of the molecule is CC(NC1CCCC(N)C1)C(=O)O. The van der Waals surface area contributed by atoms with Gasteiger partial charge in [-0.25, -0.2) is 0 Å². The molecule has 0 saturated heterocycles. The summed E-state index contributed by atoms with van der Waals surface area (Å²) in [7, 11) is 0. The lowest BCUT2D eigenvalue weighted by molar-refractivity contribution is -0.139. The summed E-state index contributed by atoms with van der Waals surface area (Å²) in [5.41, 5.74) is 5.79. The minimum atomic E-state index is -0.792. The van der Waals surface area contributed by atoms with Crippen LogP contribution in [0.5, 0.6) is 0 Å². The van der Waals surface area contributed by atoms with Crippen molar-refractivity contribution in [1.82, 2.24) is 5.32 Å². The molecule has 4 heteroatoms. The number of carbonyl (C=O) groups is 1. The summed E-state index contributed by atoms with van der Waals surface area (Å²) in [5, 5.41) is 11.8. The lowest BCUT2D eigenvalue weighted by atomic mass is 9.91. The van der Waals surface area contributed by atoms with Gasteiger partial charge in [0.2, 0.25) is 0 Å². The van der Waals surface area contributed by atoms with Gasteiger partial charge in [-0.15, -0.1) is 0 Å². The molecule has 1 rings (SSSR count). The lowest BCUT2D eigenvalue weighted by Crippen LogP contribution is -2.46. The van der Waals surface area contributed by atoms with E-state index in [1.54, 1.807) is 6.92 Å². The number of carboxylic acids is 1. The van der Waals surface area contributed by atoms with Crippen molar-refractivity contribution >= 4 is 5.97 Å². The van der Waals surface area contributed by atoms with Gasteiger partial charge in [0, 0.05) is 12.1 Å². The number of aliphatic carboxylic acids is 1. The second kappa shape index (κ2) is 4.58. The molecular formula is C9H18N2O2. The summed E-state index contributed by atoms with van der Waals surface area (Å²) >= 11 is 0. The zero-order valence-electron chi connectivity index (χ0n) is 7.99. The largest absolute Gasteiger partial charge is 0.480 e. The molecule has 0 aromatic rings. The van der Waals surface area contributed by atoms with E-state index in [0.717, 1.165) is 25.7 Å². The van der Waals surface area contributed by atoms with Crippen LogP contribution in [0, 0.1) is 0 Å². The quantitative estimate of drug-likeness (QED) is 0.593. The van der Waals surface area contributed by atoms with Crippen LogP contribution in [-0.2, 0) is 4.79 Å². The molecule has 1 aliphatic rings. The maximum atomic E-state index is 10.6. The van der Waals surface area contributed by atoms with E-state index in [9.17, 15) is 4.79 Å². The van der Waals surface area contributed by atoms with Crippen LogP contribution in [-0.4, -0.2) is 29.2 Å². The van der Waals surface area contributed by atoms with Gasteiger partial charge in [-0.3, -0.25) is 4.79 Å². The third-order valence-electron chi connectivity index (χ3n) is 2.57. The van der Waals surface area contributed by atoms with Gasteiger partial charge in [-0.05, 0) is 26.2 Å². The Kier molecular flexibility index (Phi) is 3.69. The zero-order chi connectivity index (χ0) is 9.84. The van der Waals surface area contributed by atoms with Gasteiger partial charge in [0.05, 0.1) is 0 Å². The third kappa shape index (κ3) is 3.32. The van der Waals surface area contributed by atoms with Crippen molar-refractivity contribution < 1.29 is 9.90 Å². The molecule has 4 N–H and O–H groups in total. The summed E-state index contributed by atoms with van der Waals surface area (Å²) in [4.78, 5) is 10.6. The molecule has 0 spiro atoms. The van der Waals surface area contributed by atoms with E-state index in [-0.39, 0.29) is 12.1 Å². The average Bonchev–Trinajstić information content (AvgIpc) is 2.04. The van der Waals surface area contributed by atoms with Crippen molar-refractivity contribution in [2.75, 3.05) is 0 Å². The van der Waals surface area contributed by atoms with Crippen LogP contribution in [0.1, 0.15) is 32.6 Å². The number of hydrogen-bond acceptors (Lipinski definition) is 3. The van der Waals surface area contributed by atoms with Gasteiger partial charge in [-0.1, -0.05) is 6.42 Å². The smallest absolute Gasteiger partial charge is 0.320 e. The summed E-state index contributed by atoms with van der Waals surface area (Å²) in [6, 6.07) is 0.0670. The summed E-state index contributed by atoms with van der Waals surface area (Å²) in [5.74, 6) is -0.792. The third-order valence-corrected chi connectivity index (χ3v) is 2.57. The fourth-order valence-corrected chi connectivity index (χ4v) is 1.80. The van der Waals surface area contributed by atoms with E-state index in [1.807, 2.05) is 0 Å². The minimum Gasteiger partial charge on any atom is -0.480 e. The van der Waals surface area contributed by atoms with Crippen molar-refractivity contribution in [1.29, 1.82) is 0 Å². The second-order valence-electron chi connectivity index (χ2n) is 3.85. The molecule has 1 fully saturated rings. The van der Waals surface area contributed by atoms with Crippen LogP contribution in [0.25, 0.3) is 0 Å². The van der Waals surface area contributed by atoms with Gasteiger partial charge in [0.25, 0.3) is 0 Å². The normalized spacial score (nSPS) is 31.2. The molecule has 3 atom stereocenters. The Labute approximate surface area is 78.5 Å². The highest BCUT2D eigenvalue weighted by Gasteiger charge is 2.22. The monoisotopic (exact) mass is 186 g/mol. The van der Waals surface area contributed by atoms with E-state index in [2.05, 4.69) is 5.32 Å². The van der Waals surface area contributed by atoms with Gasteiger partial charge >= 0.3 is 5.97 Å². The first-order valence-corrected chi connectivity index (χ1v) is 4.84. The Morgan fingerprint density at radius 1 is 1.62 bits per heavy atom. The van der Waals surface area contributed by atoms with Crippen LogP contribution < -0.4 is 11.1 Å². The summed E-state index contributed by atoms with van der Waals surface area (Å²) < 4.78 is 0. The standard InChI is InChI=1S/C9H18N2O2/c1-6(9(12)13)11-8-4-2-3-7(10)5-8/h6-8,11H,2-5,10H2,1H3,(H,12,13). The fraction of sp³-hybridized carbons (Fsp3) is 0.889. The van der Waals surface area contributed by atoms with E-state index in [4.69, 9.17) is 10.8 Å². The predicted octanol–water partition coefficient (Wildman–Crippen LogP) is 0.319. The Morgan fingerprint density at radius 3 is 2.85 bits per heavy atom. The Balaban J connectivity index is 2.31. The van der Waals surface area contributed by atoms with Crippen molar-refractivity contribution in [3.63, 3.8) is 0 Å². The van der Waals surface area contributed by atoms with Crippen LogP contribution in [0.2, 0.25) is 0 Å². The Morgan fingerprint density at radius 2 is 2.31 bits per heavy atom. The average molecular weight is 186 g/mol. The maximum absolute atomic E-state index is 10.6. The van der Waals surface area contributed by atoms with E-state index in [0.29, 0.717) is 0 Å². The van der Waals surface area contributed by atoms with Crippen molar-refractivity contribution in [2.45, 2.75) is 50.7 Å². The number of rotatable bonds is 3. The first kappa shape index (κ1) is 10.5. The molecule has 0 radical (unpaired) electrons. The predicted molar refractivity (Wildman–Crippen MR) is 50.5 cm³/mol. The van der Waals surface area contributed by atoms with Gasteiger partial charge in [0.1, 0.15) is 6.04 Å². The molecule has 0 bridgehead atoms. The number of nitrogens with two attached hydrogens (primary N) is 1. The molecule has 1 saturated carbocycles. The van der Waals surface area contributed by atoms with E-state index in [1.165, 1.54) is 0 Å². The molecule has 13 heavy (non-hydrogen) atoms. The summed E-state index contributed by atoms with van der Waals surface area (Å²) in [6.07, 6.45) is 4.12. The zero-order valence-corrected chi connectivity index (χ0v) is 7.99. The maximum Gasteiger partial charge on any atom is 0.320 e. The molecule has 0 aliphatic heterocycles. The molecule has 0 aromatic carbocycles. The first-order valence-electron chi connectivity index (χ1n) is 4.84. The van der Waals surface area contributed by atoms with Crippen LogP contribution in [0.15, 0.2) is 0 Å². The van der Waals surface area contributed by atoms with Crippen LogP contribution in [0.3, 0.4) is 0 Å². The molecule has 1 aliphatic carbocycles. The van der Waals surface area contributed by atoms with Gasteiger partial charge in [0.15, 0.2) is 0 Å². The molecule has 0 amide bonds. The topological polar surface area (TPSA) is 75.3 Å².